The van der Waals surface area contributed by atoms with Crippen molar-refractivity contribution in [1.29, 1.82) is 0 Å². The van der Waals surface area contributed by atoms with Gasteiger partial charge in [-0.2, -0.15) is 0 Å². The maximum Gasteiger partial charge on any atom is 0.163 e. The summed E-state index contributed by atoms with van der Waals surface area (Å²) in [7, 11) is 0. The molecule has 0 aliphatic heterocycles. The fourth-order valence-electron chi connectivity index (χ4n) is 2.45. The summed E-state index contributed by atoms with van der Waals surface area (Å²) in [6.45, 7) is 4.14. The third kappa shape index (κ3) is 2.89. The minimum atomic E-state index is 0.767. The van der Waals surface area contributed by atoms with Gasteiger partial charge in [-0.1, -0.05) is 68.4 Å². The van der Waals surface area contributed by atoms with Crippen LogP contribution in [-0.4, -0.2) is 15.0 Å². The number of nitrogens with zero attached hydrogens (tertiary/aromatic N) is 3. The van der Waals surface area contributed by atoms with Crippen LogP contribution in [-0.2, 0) is 12.8 Å². The Hall–Kier alpha value is -2.55. The quantitative estimate of drug-likeness (QED) is 0.717. The van der Waals surface area contributed by atoms with Gasteiger partial charge >= 0.3 is 0 Å². The van der Waals surface area contributed by atoms with Gasteiger partial charge in [0, 0.05) is 18.4 Å². The Bertz CT molecular complexity index is 744. The molecule has 0 fully saturated rings. The monoisotopic (exact) mass is 289 g/mol. The molecule has 1 aromatic heterocycles. The van der Waals surface area contributed by atoms with Crippen molar-refractivity contribution >= 4 is 0 Å². The fraction of sp³-hybridized carbons (Fsp3) is 0.211. The highest BCUT2D eigenvalue weighted by Gasteiger charge is 2.11. The summed E-state index contributed by atoms with van der Waals surface area (Å²) in [6.07, 6.45) is 1.63. The molecular weight excluding hydrogens is 270 g/mol. The first-order chi connectivity index (χ1) is 10.8. The van der Waals surface area contributed by atoms with Crippen molar-refractivity contribution < 1.29 is 0 Å². The van der Waals surface area contributed by atoms with Crippen molar-refractivity contribution in [3.63, 3.8) is 0 Å². The van der Waals surface area contributed by atoms with E-state index >= 15 is 0 Å². The SMILES string of the molecule is CCc1nc(CC)nc(-c2ccccc2-c2ccccc2)n1. The molecule has 0 N–H and O–H groups in total. The van der Waals surface area contributed by atoms with E-state index in [0.29, 0.717) is 0 Å². The van der Waals surface area contributed by atoms with Gasteiger partial charge in [0.1, 0.15) is 11.6 Å². The predicted octanol–water partition coefficient (Wildman–Crippen LogP) is 4.33. The van der Waals surface area contributed by atoms with Crippen LogP contribution in [0.2, 0.25) is 0 Å². The molecule has 3 heteroatoms. The van der Waals surface area contributed by atoms with Gasteiger partial charge in [-0.25, -0.2) is 15.0 Å². The van der Waals surface area contributed by atoms with Crippen molar-refractivity contribution in [3.8, 4) is 22.5 Å². The Balaban J connectivity index is 2.17. The molecular formula is C19H19N3. The van der Waals surface area contributed by atoms with E-state index in [2.05, 4.69) is 71.3 Å². The summed E-state index contributed by atoms with van der Waals surface area (Å²) in [6, 6.07) is 18.6. The lowest BCUT2D eigenvalue weighted by Gasteiger charge is -2.10. The average molecular weight is 289 g/mol. The summed E-state index contributed by atoms with van der Waals surface area (Å²) >= 11 is 0. The topological polar surface area (TPSA) is 38.7 Å². The van der Waals surface area contributed by atoms with Crippen LogP contribution in [0.4, 0.5) is 0 Å². The van der Waals surface area contributed by atoms with Gasteiger partial charge in [-0.15, -0.1) is 0 Å². The summed E-state index contributed by atoms with van der Waals surface area (Å²) in [5.74, 6) is 2.47. The van der Waals surface area contributed by atoms with Gasteiger partial charge in [-0.3, -0.25) is 0 Å². The van der Waals surface area contributed by atoms with Crippen molar-refractivity contribution in [1.82, 2.24) is 15.0 Å². The molecule has 0 saturated carbocycles. The number of aryl methyl sites for hydroxylation is 2. The van der Waals surface area contributed by atoms with Crippen LogP contribution in [0.3, 0.4) is 0 Å². The van der Waals surface area contributed by atoms with E-state index in [1.807, 2.05) is 12.1 Å². The largest absolute Gasteiger partial charge is 0.218 e. The molecule has 22 heavy (non-hydrogen) atoms. The van der Waals surface area contributed by atoms with Crippen molar-refractivity contribution in [2.45, 2.75) is 26.7 Å². The van der Waals surface area contributed by atoms with E-state index in [4.69, 9.17) is 0 Å². The first-order valence-corrected chi connectivity index (χ1v) is 7.70. The first-order valence-electron chi connectivity index (χ1n) is 7.70. The van der Waals surface area contributed by atoms with Crippen LogP contribution in [0.5, 0.6) is 0 Å². The van der Waals surface area contributed by atoms with Gasteiger partial charge in [0.2, 0.25) is 0 Å². The van der Waals surface area contributed by atoms with E-state index in [9.17, 15) is 0 Å². The maximum atomic E-state index is 4.63. The minimum absolute atomic E-state index is 0.767. The second-order valence-corrected chi connectivity index (χ2v) is 5.11. The van der Waals surface area contributed by atoms with Crippen LogP contribution in [0.1, 0.15) is 25.5 Å². The Kier molecular flexibility index (Phi) is 4.24. The second kappa shape index (κ2) is 6.48. The second-order valence-electron chi connectivity index (χ2n) is 5.11. The van der Waals surface area contributed by atoms with Crippen LogP contribution in [0.25, 0.3) is 22.5 Å². The van der Waals surface area contributed by atoms with Crippen molar-refractivity contribution in [2.75, 3.05) is 0 Å². The lowest BCUT2D eigenvalue weighted by molar-refractivity contribution is 0.831. The molecule has 3 aromatic rings. The average Bonchev–Trinajstić information content (AvgIpc) is 2.62. The molecule has 3 nitrogen and oxygen atoms in total. The number of hydrogen-bond donors (Lipinski definition) is 0. The molecule has 0 aliphatic carbocycles. The Morgan fingerprint density at radius 1 is 0.636 bits per heavy atom. The summed E-state index contributed by atoms with van der Waals surface area (Å²) in [5.41, 5.74) is 3.38. The summed E-state index contributed by atoms with van der Waals surface area (Å²) < 4.78 is 0. The zero-order valence-electron chi connectivity index (χ0n) is 13.0. The van der Waals surface area contributed by atoms with E-state index in [1.54, 1.807) is 0 Å². The van der Waals surface area contributed by atoms with Crippen LogP contribution < -0.4 is 0 Å². The molecule has 0 bridgehead atoms. The molecule has 0 aliphatic rings. The first kappa shape index (κ1) is 14.4. The van der Waals surface area contributed by atoms with Gasteiger partial charge in [0.15, 0.2) is 5.82 Å². The number of aromatic nitrogens is 3. The molecule has 1 heterocycles. The highest BCUT2D eigenvalue weighted by atomic mass is 15.0. The van der Waals surface area contributed by atoms with Gasteiger partial charge in [0.05, 0.1) is 0 Å². The smallest absolute Gasteiger partial charge is 0.163 e. The summed E-state index contributed by atoms with van der Waals surface area (Å²) in [4.78, 5) is 13.7. The molecule has 3 rings (SSSR count). The third-order valence-electron chi connectivity index (χ3n) is 3.61. The normalized spacial score (nSPS) is 10.6. The Morgan fingerprint density at radius 2 is 1.18 bits per heavy atom. The fourth-order valence-corrected chi connectivity index (χ4v) is 2.45. The minimum Gasteiger partial charge on any atom is -0.218 e. The molecule has 0 unspecified atom stereocenters. The maximum absolute atomic E-state index is 4.63. The van der Waals surface area contributed by atoms with Crippen molar-refractivity contribution in [3.05, 3.63) is 66.2 Å². The highest BCUT2D eigenvalue weighted by Crippen LogP contribution is 2.29. The molecule has 0 spiro atoms. The Labute approximate surface area is 131 Å². The molecule has 0 atom stereocenters. The Morgan fingerprint density at radius 3 is 1.77 bits per heavy atom. The predicted molar refractivity (Wildman–Crippen MR) is 89.5 cm³/mol. The molecule has 2 aromatic carbocycles. The van der Waals surface area contributed by atoms with Gasteiger partial charge in [0.25, 0.3) is 0 Å². The van der Waals surface area contributed by atoms with E-state index in [0.717, 1.165) is 41.4 Å². The summed E-state index contributed by atoms with van der Waals surface area (Å²) in [5, 5.41) is 0. The zero-order valence-corrected chi connectivity index (χ0v) is 13.0. The number of benzene rings is 2. The number of rotatable bonds is 4. The van der Waals surface area contributed by atoms with E-state index < -0.39 is 0 Å². The third-order valence-corrected chi connectivity index (χ3v) is 3.61. The van der Waals surface area contributed by atoms with Gasteiger partial charge in [-0.05, 0) is 11.1 Å². The standard InChI is InChI=1S/C19H19N3/c1-3-17-20-18(4-2)22-19(21-17)16-13-9-8-12-15(16)14-10-6-5-7-11-14/h5-13H,3-4H2,1-2H3. The molecule has 0 radical (unpaired) electrons. The molecule has 0 amide bonds. The zero-order chi connectivity index (χ0) is 15.4. The van der Waals surface area contributed by atoms with Crippen molar-refractivity contribution in [2.24, 2.45) is 0 Å². The van der Waals surface area contributed by atoms with Crippen LogP contribution in [0.15, 0.2) is 54.6 Å². The van der Waals surface area contributed by atoms with Crippen LogP contribution in [0, 0.1) is 0 Å². The van der Waals surface area contributed by atoms with E-state index in [1.165, 1.54) is 5.56 Å². The molecule has 0 saturated heterocycles. The lowest BCUT2D eigenvalue weighted by Crippen LogP contribution is -2.04. The van der Waals surface area contributed by atoms with Crippen LogP contribution >= 0.6 is 0 Å². The molecule has 110 valence electrons. The van der Waals surface area contributed by atoms with Gasteiger partial charge < -0.3 is 0 Å². The highest BCUT2D eigenvalue weighted by molar-refractivity contribution is 5.80. The van der Waals surface area contributed by atoms with E-state index in [-0.39, 0.29) is 0 Å². The lowest BCUT2D eigenvalue weighted by atomic mass is 9.99. The number of hydrogen-bond acceptors (Lipinski definition) is 3.